The van der Waals surface area contributed by atoms with Gasteiger partial charge in [0.05, 0.1) is 0 Å². The van der Waals surface area contributed by atoms with Crippen LogP contribution in [-0.2, 0) is 4.79 Å². The first-order valence-corrected chi connectivity index (χ1v) is 6.70. The van der Waals surface area contributed by atoms with Crippen LogP contribution < -0.4 is 5.32 Å². The molecule has 0 radical (unpaired) electrons. The van der Waals surface area contributed by atoms with E-state index in [0.29, 0.717) is 5.91 Å². The van der Waals surface area contributed by atoms with Gasteiger partial charge < -0.3 is 10.2 Å². The highest BCUT2D eigenvalue weighted by Crippen LogP contribution is 2.20. The molecule has 16 heavy (non-hydrogen) atoms. The maximum Gasteiger partial charge on any atom is 0.222 e. The van der Waals surface area contributed by atoms with Gasteiger partial charge in [0.1, 0.15) is 0 Å². The first-order valence-electron chi connectivity index (χ1n) is 6.70. The van der Waals surface area contributed by atoms with Gasteiger partial charge in [-0.25, -0.2) is 0 Å². The molecular formula is C13H26N2O. The number of amides is 1. The number of hydrogen-bond acceptors (Lipinski definition) is 2. The monoisotopic (exact) mass is 226 g/mol. The maximum absolute atomic E-state index is 11.8. The van der Waals surface area contributed by atoms with Crippen LogP contribution in [0.1, 0.15) is 45.4 Å². The van der Waals surface area contributed by atoms with Crippen LogP contribution in [-0.4, -0.2) is 37.5 Å². The van der Waals surface area contributed by atoms with E-state index in [-0.39, 0.29) is 0 Å². The summed E-state index contributed by atoms with van der Waals surface area (Å²) in [6.45, 7) is 5.21. The molecule has 0 atom stereocenters. The van der Waals surface area contributed by atoms with Crippen molar-refractivity contribution < 1.29 is 4.79 Å². The lowest BCUT2D eigenvalue weighted by Gasteiger charge is -2.32. The van der Waals surface area contributed by atoms with Crippen molar-refractivity contribution in [2.45, 2.75) is 45.4 Å². The number of piperidine rings is 1. The lowest BCUT2D eigenvalue weighted by atomic mass is 9.93. The summed E-state index contributed by atoms with van der Waals surface area (Å²) in [5.74, 6) is 1.19. The maximum atomic E-state index is 11.8. The normalized spacial score (nSPS) is 17.8. The molecule has 0 bridgehead atoms. The number of carbonyl (C=O) groups is 1. The molecule has 0 aromatic carbocycles. The number of unbranched alkanes of at least 4 members (excludes halogenated alkanes) is 1. The van der Waals surface area contributed by atoms with E-state index in [1.165, 1.54) is 19.3 Å². The standard InChI is InChI=1S/C13H26N2O/c1-3-4-5-13(16)15-10-7-12(8-11-15)6-9-14-2/h12,14H,3-11H2,1-2H3. The Balaban J connectivity index is 2.18. The van der Waals surface area contributed by atoms with Crippen molar-refractivity contribution in [1.29, 1.82) is 0 Å². The molecule has 1 saturated heterocycles. The van der Waals surface area contributed by atoms with Crippen molar-refractivity contribution >= 4 is 5.91 Å². The van der Waals surface area contributed by atoms with Gasteiger partial charge in [0.15, 0.2) is 0 Å². The highest BCUT2D eigenvalue weighted by Gasteiger charge is 2.21. The van der Waals surface area contributed by atoms with Gasteiger partial charge in [-0.1, -0.05) is 13.3 Å². The number of rotatable bonds is 6. The number of nitrogens with zero attached hydrogens (tertiary/aromatic N) is 1. The minimum Gasteiger partial charge on any atom is -0.343 e. The Hall–Kier alpha value is -0.570. The topological polar surface area (TPSA) is 32.3 Å². The van der Waals surface area contributed by atoms with Crippen molar-refractivity contribution in [3.05, 3.63) is 0 Å². The first-order chi connectivity index (χ1) is 7.77. The van der Waals surface area contributed by atoms with E-state index in [4.69, 9.17) is 0 Å². The Morgan fingerprint density at radius 1 is 1.38 bits per heavy atom. The molecule has 3 heteroatoms. The summed E-state index contributed by atoms with van der Waals surface area (Å²) in [6.07, 6.45) is 6.55. The van der Waals surface area contributed by atoms with E-state index in [1.54, 1.807) is 0 Å². The molecule has 1 N–H and O–H groups in total. The van der Waals surface area contributed by atoms with Crippen molar-refractivity contribution in [2.75, 3.05) is 26.7 Å². The van der Waals surface area contributed by atoms with Crippen LogP contribution in [0.5, 0.6) is 0 Å². The van der Waals surface area contributed by atoms with Crippen LogP contribution in [0.25, 0.3) is 0 Å². The fraction of sp³-hybridized carbons (Fsp3) is 0.923. The van der Waals surface area contributed by atoms with Gasteiger partial charge in [-0.15, -0.1) is 0 Å². The molecule has 1 fully saturated rings. The quantitative estimate of drug-likeness (QED) is 0.751. The SMILES string of the molecule is CCCCC(=O)N1CCC(CCNC)CC1. The zero-order valence-electron chi connectivity index (χ0n) is 10.8. The van der Waals surface area contributed by atoms with Gasteiger partial charge in [0, 0.05) is 19.5 Å². The van der Waals surface area contributed by atoms with Gasteiger partial charge >= 0.3 is 0 Å². The molecule has 1 amide bonds. The highest BCUT2D eigenvalue weighted by atomic mass is 16.2. The third kappa shape index (κ3) is 4.52. The summed E-state index contributed by atoms with van der Waals surface area (Å²) in [5.41, 5.74) is 0. The fourth-order valence-electron chi connectivity index (χ4n) is 2.31. The Morgan fingerprint density at radius 3 is 2.62 bits per heavy atom. The van der Waals surface area contributed by atoms with Crippen LogP contribution in [0.2, 0.25) is 0 Å². The second-order valence-electron chi connectivity index (χ2n) is 4.82. The average molecular weight is 226 g/mol. The van der Waals surface area contributed by atoms with Crippen molar-refractivity contribution in [2.24, 2.45) is 5.92 Å². The predicted molar refractivity (Wildman–Crippen MR) is 67.4 cm³/mol. The van der Waals surface area contributed by atoms with Gasteiger partial charge in [0.2, 0.25) is 5.91 Å². The van der Waals surface area contributed by atoms with Crippen LogP contribution in [0.3, 0.4) is 0 Å². The molecule has 0 aliphatic carbocycles. The zero-order valence-corrected chi connectivity index (χ0v) is 10.8. The number of hydrogen-bond donors (Lipinski definition) is 1. The minimum atomic E-state index is 0.369. The Labute approximate surface area is 99.6 Å². The van der Waals surface area contributed by atoms with Crippen molar-refractivity contribution in [3.8, 4) is 0 Å². The van der Waals surface area contributed by atoms with Gasteiger partial charge in [0.25, 0.3) is 0 Å². The first kappa shape index (κ1) is 13.5. The summed E-state index contributed by atoms with van der Waals surface area (Å²) in [5, 5.41) is 3.20. The second kappa shape index (κ2) is 7.66. The number of nitrogens with one attached hydrogen (secondary N) is 1. The van der Waals surface area contributed by atoms with Crippen LogP contribution in [0, 0.1) is 5.92 Å². The summed E-state index contributed by atoms with van der Waals surface area (Å²) in [4.78, 5) is 13.9. The second-order valence-corrected chi connectivity index (χ2v) is 4.82. The molecule has 1 aliphatic rings. The molecule has 0 spiro atoms. The van der Waals surface area contributed by atoms with Crippen molar-refractivity contribution in [3.63, 3.8) is 0 Å². The largest absolute Gasteiger partial charge is 0.343 e. The van der Waals surface area contributed by atoms with E-state index < -0.39 is 0 Å². The average Bonchev–Trinajstić information content (AvgIpc) is 2.34. The molecule has 3 nitrogen and oxygen atoms in total. The van der Waals surface area contributed by atoms with E-state index in [2.05, 4.69) is 17.1 Å². The Bertz CT molecular complexity index is 198. The van der Waals surface area contributed by atoms with Gasteiger partial charge in [-0.2, -0.15) is 0 Å². The Kier molecular flexibility index (Phi) is 6.46. The summed E-state index contributed by atoms with van der Waals surface area (Å²) >= 11 is 0. The molecule has 0 aromatic heterocycles. The van der Waals surface area contributed by atoms with Gasteiger partial charge in [-0.05, 0) is 45.2 Å². The number of carbonyl (C=O) groups excluding carboxylic acids is 1. The molecule has 94 valence electrons. The van der Waals surface area contributed by atoms with E-state index in [9.17, 15) is 4.79 Å². The predicted octanol–water partition coefficient (Wildman–Crippen LogP) is 2.02. The molecule has 0 aromatic rings. The number of likely N-dealkylation sites (tertiary alicyclic amines) is 1. The fourth-order valence-corrected chi connectivity index (χ4v) is 2.31. The van der Waals surface area contributed by atoms with Crippen molar-refractivity contribution in [1.82, 2.24) is 10.2 Å². The van der Waals surface area contributed by atoms with E-state index in [1.807, 2.05) is 7.05 Å². The molecule has 0 unspecified atom stereocenters. The minimum absolute atomic E-state index is 0.369. The lowest BCUT2D eigenvalue weighted by molar-refractivity contribution is -0.132. The van der Waals surface area contributed by atoms with Crippen LogP contribution in [0.15, 0.2) is 0 Å². The third-order valence-corrected chi connectivity index (χ3v) is 3.51. The van der Waals surface area contributed by atoms with Crippen LogP contribution in [0.4, 0.5) is 0 Å². The van der Waals surface area contributed by atoms with E-state index >= 15 is 0 Å². The smallest absolute Gasteiger partial charge is 0.222 e. The Morgan fingerprint density at radius 2 is 2.06 bits per heavy atom. The summed E-state index contributed by atoms with van der Waals surface area (Å²) in [6, 6.07) is 0. The summed E-state index contributed by atoms with van der Waals surface area (Å²) in [7, 11) is 2.00. The van der Waals surface area contributed by atoms with E-state index in [0.717, 1.165) is 44.8 Å². The molecule has 0 saturated carbocycles. The van der Waals surface area contributed by atoms with Crippen LogP contribution >= 0.6 is 0 Å². The lowest BCUT2D eigenvalue weighted by Crippen LogP contribution is -2.38. The molecule has 1 heterocycles. The molecular weight excluding hydrogens is 200 g/mol. The zero-order chi connectivity index (χ0) is 11.8. The molecule has 1 aliphatic heterocycles. The third-order valence-electron chi connectivity index (χ3n) is 3.51. The van der Waals surface area contributed by atoms with Gasteiger partial charge in [-0.3, -0.25) is 4.79 Å². The molecule has 1 rings (SSSR count). The highest BCUT2D eigenvalue weighted by molar-refractivity contribution is 5.76. The summed E-state index contributed by atoms with van der Waals surface area (Å²) < 4.78 is 0.